The van der Waals surface area contributed by atoms with Gasteiger partial charge in [0.05, 0.1) is 0 Å². The monoisotopic (exact) mass is 331 g/mol. The quantitative estimate of drug-likeness (QED) is 0.537. The van der Waals surface area contributed by atoms with E-state index in [4.69, 9.17) is 0 Å². The normalized spacial score (nSPS) is 11.2. The van der Waals surface area contributed by atoms with Crippen molar-refractivity contribution < 1.29 is 0 Å². The van der Waals surface area contributed by atoms with Crippen molar-refractivity contribution in [1.29, 1.82) is 0 Å². The summed E-state index contributed by atoms with van der Waals surface area (Å²) in [6, 6.07) is 19.5. The minimum absolute atomic E-state index is 0.200. The van der Waals surface area contributed by atoms with E-state index in [1.54, 1.807) is 12.3 Å². The number of H-pyrrole nitrogens is 1. The molecular formula is C19H17N5O. The molecule has 25 heavy (non-hydrogen) atoms. The van der Waals surface area contributed by atoms with Crippen molar-refractivity contribution in [3.8, 4) is 0 Å². The molecule has 0 atom stereocenters. The van der Waals surface area contributed by atoms with Gasteiger partial charge in [-0.1, -0.05) is 66.7 Å². The molecule has 0 aliphatic heterocycles. The van der Waals surface area contributed by atoms with Crippen LogP contribution in [0.15, 0.2) is 76.6 Å². The molecule has 3 aromatic rings. The molecule has 0 amide bonds. The maximum atomic E-state index is 12.1. The lowest BCUT2D eigenvalue weighted by Gasteiger charge is -2.01. The second-order valence-corrected chi connectivity index (χ2v) is 5.27. The van der Waals surface area contributed by atoms with Gasteiger partial charge >= 0.3 is 0 Å². The maximum absolute atomic E-state index is 12.1. The fourth-order valence-corrected chi connectivity index (χ4v) is 2.18. The summed E-state index contributed by atoms with van der Waals surface area (Å²) in [5, 5.41) is 11.9. The van der Waals surface area contributed by atoms with Crippen molar-refractivity contribution in [3.05, 3.63) is 93.9 Å². The molecule has 6 nitrogen and oxygen atoms in total. The van der Waals surface area contributed by atoms with E-state index in [0.717, 1.165) is 11.1 Å². The molecule has 2 N–H and O–H groups in total. The Balaban J connectivity index is 1.58. The van der Waals surface area contributed by atoms with Crippen LogP contribution in [-0.2, 0) is 6.42 Å². The lowest BCUT2D eigenvalue weighted by Crippen LogP contribution is -2.18. The number of hydrogen-bond donors (Lipinski definition) is 2. The topological polar surface area (TPSA) is 83.0 Å². The first-order valence-corrected chi connectivity index (χ1v) is 7.82. The second kappa shape index (κ2) is 8.35. The number of aromatic amines is 1. The molecule has 0 unspecified atom stereocenters. The number of benzene rings is 2. The Labute approximate surface area is 145 Å². The summed E-state index contributed by atoms with van der Waals surface area (Å²) < 4.78 is 0. The fourth-order valence-electron chi connectivity index (χ4n) is 2.18. The highest BCUT2D eigenvalue weighted by molar-refractivity contribution is 5.78. The average molecular weight is 331 g/mol. The van der Waals surface area contributed by atoms with Gasteiger partial charge in [0, 0.05) is 12.6 Å². The second-order valence-electron chi connectivity index (χ2n) is 5.27. The van der Waals surface area contributed by atoms with E-state index >= 15 is 0 Å². The third-order valence-corrected chi connectivity index (χ3v) is 3.40. The van der Waals surface area contributed by atoms with Gasteiger partial charge in [0.1, 0.15) is 5.69 Å². The third-order valence-electron chi connectivity index (χ3n) is 3.40. The minimum Gasteiger partial charge on any atom is -0.288 e. The number of anilines is 1. The summed E-state index contributed by atoms with van der Waals surface area (Å²) in [5.41, 5.74) is 4.82. The zero-order valence-electron chi connectivity index (χ0n) is 13.5. The summed E-state index contributed by atoms with van der Waals surface area (Å²) in [4.78, 5) is 14.7. The molecule has 3 rings (SSSR count). The van der Waals surface area contributed by atoms with E-state index < -0.39 is 0 Å². The highest BCUT2D eigenvalue weighted by Crippen LogP contribution is 2.03. The number of nitrogens with zero attached hydrogens (tertiary/aromatic N) is 3. The lowest BCUT2D eigenvalue weighted by atomic mass is 10.1. The highest BCUT2D eigenvalue weighted by Gasteiger charge is 2.05. The lowest BCUT2D eigenvalue weighted by molar-refractivity contribution is 0.866. The Morgan fingerprint density at radius 3 is 2.44 bits per heavy atom. The van der Waals surface area contributed by atoms with Crippen molar-refractivity contribution >= 4 is 18.2 Å². The zero-order valence-corrected chi connectivity index (χ0v) is 13.5. The first-order valence-electron chi connectivity index (χ1n) is 7.82. The highest BCUT2D eigenvalue weighted by atomic mass is 16.1. The molecule has 0 spiro atoms. The van der Waals surface area contributed by atoms with Crippen LogP contribution in [0.3, 0.4) is 0 Å². The molecule has 0 fully saturated rings. The molecule has 0 saturated heterocycles. The zero-order chi connectivity index (χ0) is 17.3. The first-order chi connectivity index (χ1) is 12.3. The van der Waals surface area contributed by atoms with Crippen molar-refractivity contribution in [2.75, 3.05) is 5.43 Å². The van der Waals surface area contributed by atoms with Gasteiger partial charge in [0.15, 0.2) is 0 Å². The number of hydrazone groups is 1. The fraction of sp³-hybridized carbons (Fsp3) is 0.0526. The van der Waals surface area contributed by atoms with E-state index in [1.807, 2.05) is 66.7 Å². The van der Waals surface area contributed by atoms with Crippen LogP contribution in [0.5, 0.6) is 0 Å². The molecule has 0 saturated carbocycles. The van der Waals surface area contributed by atoms with E-state index in [1.165, 1.54) is 0 Å². The van der Waals surface area contributed by atoms with Crippen LogP contribution >= 0.6 is 0 Å². The van der Waals surface area contributed by atoms with Gasteiger partial charge in [-0.2, -0.15) is 5.10 Å². The van der Waals surface area contributed by atoms with Gasteiger partial charge < -0.3 is 0 Å². The third kappa shape index (κ3) is 4.97. The Morgan fingerprint density at radius 2 is 1.72 bits per heavy atom. The summed E-state index contributed by atoms with van der Waals surface area (Å²) in [6.45, 7) is 0. The van der Waals surface area contributed by atoms with Crippen LogP contribution < -0.4 is 11.0 Å². The molecule has 0 radical (unpaired) electrons. The predicted molar refractivity (Wildman–Crippen MR) is 99.5 cm³/mol. The van der Waals surface area contributed by atoms with Crippen molar-refractivity contribution in [2.45, 2.75) is 6.42 Å². The van der Waals surface area contributed by atoms with Gasteiger partial charge in [-0.25, -0.2) is 5.43 Å². The molecule has 0 bridgehead atoms. The number of nitrogens with one attached hydrogen (secondary N) is 2. The maximum Gasteiger partial charge on any atom is 0.274 e. The molecule has 0 aliphatic carbocycles. The number of rotatable bonds is 6. The summed E-state index contributed by atoms with van der Waals surface area (Å²) in [5.74, 6) is 0.200. The molecule has 124 valence electrons. The Bertz CT molecular complexity index is 917. The number of allylic oxidation sites excluding steroid dienone is 1. The standard InChI is InChI=1S/C19H17N5O/c25-18-17(14-16-10-5-2-6-11-16)22-24-19(21-18)23-20-13-7-12-15-8-3-1-4-9-15/h1-13H,14H2,(H2,21,23,24,25)/b12-7+,20-13-. The minimum atomic E-state index is -0.281. The van der Waals surface area contributed by atoms with E-state index in [9.17, 15) is 4.79 Å². The molecule has 0 aliphatic rings. The van der Waals surface area contributed by atoms with Gasteiger partial charge in [-0.3, -0.25) is 9.78 Å². The Morgan fingerprint density at radius 1 is 1.00 bits per heavy atom. The van der Waals surface area contributed by atoms with Gasteiger partial charge in [0.2, 0.25) is 5.95 Å². The van der Waals surface area contributed by atoms with Crippen LogP contribution in [0.1, 0.15) is 16.8 Å². The largest absolute Gasteiger partial charge is 0.288 e. The SMILES string of the molecule is O=c1[nH]c(N/N=C\C=C\c2ccccc2)nnc1Cc1ccccc1. The number of hydrogen-bond acceptors (Lipinski definition) is 5. The van der Waals surface area contributed by atoms with Crippen LogP contribution in [0.4, 0.5) is 5.95 Å². The molecule has 2 aromatic carbocycles. The van der Waals surface area contributed by atoms with E-state index in [2.05, 4.69) is 25.7 Å². The molecular weight excluding hydrogens is 314 g/mol. The van der Waals surface area contributed by atoms with E-state index in [-0.39, 0.29) is 11.5 Å². The van der Waals surface area contributed by atoms with Crippen molar-refractivity contribution in [1.82, 2.24) is 15.2 Å². The molecule has 6 heteroatoms. The smallest absolute Gasteiger partial charge is 0.274 e. The van der Waals surface area contributed by atoms with Gasteiger partial charge in [-0.05, 0) is 17.2 Å². The van der Waals surface area contributed by atoms with Crippen LogP contribution in [0.25, 0.3) is 6.08 Å². The van der Waals surface area contributed by atoms with E-state index in [0.29, 0.717) is 12.1 Å². The summed E-state index contributed by atoms with van der Waals surface area (Å²) in [6.07, 6.45) is 5.72. The van der Waals surface area contributed by atoms with Crippen LogP contribution in [-0.4, -0.2) is 21.4 Å². The van der Waals surface area contributed by atoms with Crippen molar-refractivity contribution in [2.24, 2.45) is 5.10 Å². The summed E-state index contributed by atoms with van der Waals surface area (Å²) in [7, 11) is 0. The van der Waals surface area contributed by atoms with Gasteiger partial charge in [0.25, 0.3) is 5.56 Å². The molecule has 1 heterocycles. The van der Waals surface area contributed by atoms with Crippen LogP contribution in [0, 0.1) is 0 Å². The van der Waals surface area contributed by atoms with Crippen LogP contribution in [0.2, 0.25) is 0 Å². The van der Waals surface area contributed by atoms with Crippen molar-refractivity contribution in [3.63, 3.8) is 0 Å². The summed E-state index contributed by atoms with van der Waals surface area (Å²) >= 11 is 0. The molecule has 1 aromatic heterocycles. The first kappa shape index (κ1) is 16.3. The van der Waals surface area contributed by atoms with Gasteiger partial charge in [-0.15, -0.1) is 10.2 Å². The average Bonchev–Trinajstić information content (AvgIpc) is 2.65. The Kier molecular flexibility index (Phi) is 5.45. The number of aromatic nitrogens is 3. The predicted octanol–water partition coefficient (Wildman–Crippen LogP) is 2.87. The Hall–Kier alpha value is -3.54.